The zero-order chi connectivity index (χ0) is 12.2. The molecule has 3 nitrogen and oxygen atoms in total. The Morgan fingerprint density at radius 3 is 2.62 bits per heavy atom. The van der Waals surface area contributed by atoms with Gasteiger partial charge in [0, 0.05) is 0 Å². The average molecular weight is 220 g/mol. The largest absolute Gasteiger partial charge is 0.449 e. The zero-order valence-corrected chi connectivity index (χ0v) is 10.5. The van der Waals surface area contributed by atoms with Crippen LogP contribution in [-0.2, 0) is 6.54 Å². The number of hydrogen-bond acceptors (Lipinski definition) is 3. The monoisotopic (exact) mass is 220 g/mol. The van der Waals surface area contributed by atoms with Crippen LogP contribution in [0.4, 0.5) is 0 Å². The fraction of sp³-hybridized carbons (Fsp3) is 0.615. The lowest BCUT2D eigenvalue weighted by atomic mass is 9.82. The van der Waals surface area contributed by atoms with Crippen LogP contribution in [-0.4, -0.2) is 6.54 Å². The third-order valence-corrected chi connectivity index (χ3v) is 3.00. The van der Waals surface area contributed by atoms with Gasteiger partial charge in [-0.3, -0.25) is 0 Å². The minimum Gasteiger partial charge on any atom is -0.449 e. The summed E-state index contributed by atoms with van der Waals surface area (Å²) >= 11 is 0. The first kappa shape index (κ1) is 12.8. The Kier molecular flexibility index (Phi) is 4.14. The number of rotatable bonds is 4. The molecule has 1 rings (SSSR count). The molecule has 0 aromatic carbocycles. The molecule has 88 valence electrons. The lowest BCUT2D eigenvalue weighted by molar-refractivity contribution is 0.250. The normalized spacial score (nSPS) is 13.4. The first-order chi connectivity index (χ1) is 7.43. The first-order valence-corrected chi connectivity index (χ1v) is 5.63. The second kappa shape index (κ2) is 5.18. The highest BCUT2D eigenvalue weighted by Crippen LogP contribution is 2.24. The molecule has 1 N–H and O–H groups in total. The van der Waals surface area contributed by atoms with Gasteiger partial charge in [-0.15, -0.1) is 0 Å². The first-order valence-electron chi connectivity index (χ1n) is 5.63. The van der Waals surface area contributed by atoms with Crippen molar-refractivity contribution in [1.82, 2.24) is 5.32 Å². The quantitative estimate of drug-likeness (QED) is 0.848. The van der Waals surface area contributed by atoms with Crippen LogP contribution in [0.25, 0.3) is 0 Å². The number of hydrogen-bond donors (Lipinski definition) is 1. The van der Waals surface area contributed by atoms with Crippen molar-refractivity contribution >= 4 is 0 Å². The summed E-state index contributed by atoms with van der Waals surface area (Å²) in [5.41, 5.74) is 0.313. The van der Waals surface area contributed by atoms with E-state index in [1.54, 1.807) is 6.07 Å². The van der Waals surface area contributed by atoms with E-state index in [0.717, 1.165) is 12.3 Å². The molecule has 0 radical (unpaired) electrons. The van der Waals surface area contributed by atoms with Crippen LogP contribution in [0.3, 0.4) is 0 Å². The molecule has 0 bridgehead atoms. The summed E-state index contributed by atoms with van der Waals surface area (Å²) in [6.07, 6.45) is 0. The molecule has 3 heteroatoms. The van der Waals surface area contributed by atoms with Crippen molar-refractivity contribution < 1.29 is 4.42 Å². The van der Waals surface area contributed by atoms with E-state index >= 15 is 0 Å². The van der Waals surface area contributed by atoms with Gasteiger partial charge in [0.2, 0.25) is 5.76 Å². The molecule has 1 aromatic heterocycles. The molecule has 0 aliphatic rings. The predicted octanol–water partition coefficient (Wildman–Crippen LogP) is 2.92. The van der Waals surface area contributed by atoms with Gasteiger partial charge in [-0.2, -0.15) is 5.26 Å². The summed E-state index contributed by atoms with van der Waals surface area (Å²) in [4.78, 5) is 0. The molecular weight excluding hydrogens is 200 g/mol. The highest BCUT2D eigenvalue weighted by molar-refractivity contribution is 5.18. The minimum absolute atomic E-state index is 0.313. The van der Waals surface area contributed by atoms with Gasteiger partial charge in [0.05, 0.1) is 6.54 Å². The average Bonchev–Trinajstić information content (AvgIpc) is 2.64. The summed E-state index contributed by atoms with van der Waals surface area (Å²) in [6, 6.07) is 5.52. The Bertz CT molecular complexity index is 368. The Morgan fingerprint density at radius 1 is 1.44 bits per heavy atom. The summed E-state index contributed by atoms with van der Waals surface area (Å²) < 4.78 is 5.28. The molecular formula is C13H20N2O. The van der Waals surface area contributed by atoms with Crippen molar-refractivity contribution in [2.24, 2.45) is 11.3 Å². The lowest BCUT2D eigenvalue weighted by Gasteiger charge is -2.27. The van der Waals surface area contributed by atoms with Crippen molar-refractivity contribution in [1.29, 1.82) is 5.26 Å². The Labute approximate surface area is 97.5 Å². The van der Waals surface area contributed by atoms with E-state index in [9.17, 15) is 0 Å². The van der Waals surface area contributed by atoms with Crippen LogP contribution in [0.15, 0.2) is 16.5 Å². The molecule has 16 heavy (non-hydrogen) atoms. The molecule has 0 amide bonds. The smallest absolute Gasteiger partial charge is 0.203 e. The Hall–Kier alpha value is -1.27. The SMILES string of the molecule is CC(CNCc1ccc(C#N)o1)C(C)(C)C. The predicted molar refractivity (Wildman–Crippen MR) is 63.7 cm³/mol. The Balaban J connectivity index is 2.34. The van der Waals surface area contributed by atoms with Crippen LogP contribution >= 0.6 is 0 Å². The molecule has 1 atom stereocenters. The standard InChI is InChI=1S/C13H20N2O/c1-10(13(2,3)4)8-15-9-12-6-5-11(7-14)16-12/h5-6,10,15H,8-9H2,1-4H3. The summed E-state index contributed by atoms with van der Waals surface area (Å²) in [5.74, 6) is 1.79. The fourth-order valence-electron chi connectivity index (χ4n) is 1.25. The maximum absolute atomic E-state index is 8.61. The van der Waals surface area contributed by atoms with Crippen molar-refractivity contribution in [2.45, 2.75) is 34.2 Å². The van der Waals surface area contributed by atoms with Crippen LogP contribution < -0.4 is 5.32 Å². The number of nitrogens with zero attached hydrogens (tertiary/aromatic N) is 1. The second-order valence-corrected chi connectivity index (χ2v) is 5.28. The highest BCUT2D eigenvalue weighted by Gasteiger charge is 2.19. The van der Waals surface area contributed by atoms with Crippen molar-refractivity contribution in [3.05, 3.63) is 23.7 Å². The molecule has 0 aliphatic heterocycles. The van der Waals surface area contributed by atoms with Gasteiger partial charge >= 0.3 is 0 Å². The molecule has 0 fully saturated rings. The molecule has 0 spiro atoms. The zero-order valence-electron chi connectivity index (χ0n) is 10.5. The van der Waals surface area contributed by atoms with Crippen LogP contribution in [0.5, 0.6) is 0 Å². The van der Waals surface area contributed by atoms with Gasteiger partial charge in [0.25, 0.3) is 0 Å². The molecule has 0 saturated carbocycles. The third-order valence-electron chi connectivity index (χ3n) is 3.00. The van der Waals surface area contributed by atoms with Crippen molar-refractivity contribution in [3.8, 4) is 6.07 Å². The van der Waals surface area contributed by atoms with Gasteiger partial charge in [0.15, 0.2) is 0 Å². The fourth-order valence-corrected chi connectivity index (χ4v) is 1.25. The van der Waals surface area contributed by atoms with E-state index in [0.29, 0.717) is 23.6 Å². The van der Waals surface area contributed by atoms with Crippen molar-refractivity contribution in [3.63, 3.8) is 0 Å². The maximum Gasteiger partial charge on any atom is 0.203 e. The van der Waals surface area contributed by atoms with E-state index in [4.69, 9.17) is 9.68 Å². The van der Waals surface area contributed by atoms with Crippen LogP contribution in [0, 0.1) is 22.7 Å². The van der Waals surface area contributed by atoms with Gasteiger partial charge < -0.3 is 9.73 Å². The molecule has 0 saturated heterocycles. The van der Waals surface area contributed by atoms with Crippen LogP contribution in [0.2, 0.25) is 0 Å². The maximum atomic E-state index is 8.61. The molecule has 1 aromatic rings. The van der Waals surface area contributed by atoms with E-state index in [2.05, 4.69) is 33.0 Å². The number of furan rings is 1. The van der Waals surface area contributed by atoms with Crippen molar-refractivity contribution in [2.75, 3.05) is 6.54 Å². The molecule has 0 aliphatic carbocycles. The summed E-state index contributed by atoms with van der Waals surface area (Å²) in [6.45, 7) is 10.6. The number of nitrogens with one attached hydrogen (secondary N) is 1. The number of nitriles is 1. The summed E-state index contributed by atoms with van der Waals surface area (Å²) in [7, 11) is 0. The lowest BCUT2D eigenvalue weighted by Crippen LogP contribution is -2.29. The minimum atomic E-state index is 0.313. The third kappa shape index (κ3) is 3.71. The van der Waals surface area contributed by atoms with E-state index < -0.39 is 0 Å². The highest BCUT2D eigenvalue weighted by atomic mass is 16.3. The van der Waals surface area contributed by atoms with E-state index in [-0.39, 0.29) is 0 Å². The van der Waals surface area contributed by atoms with Crippen LogP contribution in [0.1, 0.15) is 39.2 Å². The second-order valence-electron chi connectivity index (χ2n) is 5.28. The topological polar surface area (TPSA) is 49.0 Å². The Morgan fingerprint density at radius 2 is 2.12 bits per heavy atom. The van der Waals surface area contributed by atoms with Gasteiger partial charge in [-0.25, -0.2) is 0 Å². The van der Waals surface area contributed by atoms with Gasteiger partial charge in [-0.1, -0.05) is 27.7 Å². The molecule has 1 unspecified atom stereocenters. The summed E-state index contributed by atoms with van der Waals surface area (Å²) in [5, 5.41) is 11.9. The van der Waals surface area contributed by atoms with Gasteiger partial charge in [0.1, 0.15) is 11.8 Å². The molecule has 1 heterocycles. The van der Waals surface area contributed by atoms with E-state index in [1.807, 2.05) is 12.1 Å². The van der Waals surface area contributed by atoms with E-state index in [1.165, 1.54) is 0 Å². The van der Waals surface area contributed by atoms with Gasteiger partial charge in [-0.05, 0) is 30.0 Å².